The molecule has 8 heteroatoms. The largest absolute Gasteiger partial charge is 0.490 e. The maximum Gasteiger partial charge on any atom is 0.328 e. The number of nitrogens with zero attached hydrogens (tertiary/aromatic N) is 1. The number of rotatable bonds is 13. The quantitative estimate of drug-likeness (QED) is 0.140. The molecule has 1 aromatic heterocycles. The Balaban J connectivity index is 1.10. The van der Waals surface area contributed by atoms with Crippen LogP contribution in [0, 0.1) is 0 Å². The van der Waals surface area contributed by atoms with Gasteiger partial charge in [0, 0.05) is 29.6 Å². The van der Waals surface area contributed by atoms with E-state index in [1.54, 1.807) is 30.5 Å². The average molecular weight is 577 g/mol. The van der Waals surface area contributed by atoms with E-state index in [0.717, 1.165) is 22.0 Å². The topological polar surface area (TPSA) is 96.0 Å². The molecule has 0 unspecified atom stereocenters. The monoisotopic (exact) mass is 576 g/mol. The SMILES string of the molecule is COC(=O)[C@H](Cc1ccc(OCc2ccccc2)cc1)NC(=O)c1ccc(OCCOc2ccc3cccnc3c2)cc1. The van der Waals surface area contributed by atoms with E-state index in [1.165, 1.54) is 7.11 Å². The fraction of sp³-hybridized carbons (Fsp3) is 0.171. The molecule has 0 aliphatic rings. The minimum absolute atomic E-state index is 0.270. The Kier molecular flexibility index (Phi) is 9.82. The van der Waals surface area contributed by atoms with Crippen LogP contribution in [0.5, 0.6) is 17.2 Å². The molecule has 0 radical (unpaired) electrons. The highest BCUT2D eigenvalue weighted by molar-refractivity contribution is 5.97. The van der Waals surface area contributed by atoms with E-state index in [4.69, 9.17) is 18.9 Å². The molecule has 0 fully saturated rings. The predicted molar refractivity (Wildman–Crippen MR) is 163 cm³/mol. The van der Waals surface area contributed by atoms with Crippen LogP contribution >= 0.6 is 0 Å². The molecule has 0 aliphatic heterocycles. The number of esters is 1. The number of amides is 1. The summed E-state index contributed by atoms with van der Waals surface area (Å²) in [5, 5.41) is 3.83. The molecule has 0 aliphatic carbocycles. The second kappa shape index (κ2) is 14.5. The van der Waals surface area contributed by atoms with Gasteiger partial charge in [-0.25, -0.2) is 4.79 Å². The zero-order chi connectivity index (χ0) is 29.9. The van der Waals surface area contributed by atoms with Crippen LogP contribution in [-0.2, 0) is 22.6 Å². The fourth-order valence-corrected chi connectivity index (χ4v) is 4.43. The Morgan fingerprint density at radius 2 is 1.40 bits per heavy atom. The number of hydrogen-bond donors (Lipinski definition) is 1. The van der Waals surface area contributed by atoms with Gasteiger partial charge >= 0.3 is 5.97 Å². The summed E-state index contributed by atoms with van der Waals surface area (Å²) in [7, 11) is 1.30. The van der Waals surface area contributed by atoms with Gasteiger partial charge in [0.15, 0.2) is 0 Å². The molecular formula is C35H32N2O6. The molecule has 0 saturated carbocycles. The van der Waals surface area contributed by atoms with Gasteiger partial charge in [-0.1, -0.05) is 48.5 Å². The minimum atomic E-state index is -0.855. The van der Waals surface area contributed by atoms with Gasteiger partial charge < -0.3 is 24.3 Å². The summed E-state index contributed by atoms with van der Waals surface area (Å²) < 4.78 is 22.3. The van der Waals surface area contributed by atoms with E-state index in [9.17, 15) is 9.59 Å². The van der Waals surface area contributed by atoms with Crippen molar-refractivity contribution in [2.24, 2.45) is 0 Å². The summed E-state index contributed by atoms with van der Waals surface area (Å²) in [5.74, 6) is 1.11. The van der Waals surface area contributed by atoms with Crippen LogP contribution in [0.15, 0.2) is 115 Å². The number of carbonyl (C=O) groups excluding carboxylic acids is 2. The summed E-state index contributed by atoms with van der Waals surface area (Å²) in [5.41, 5.74) is 3.19. The number of pyridine rings is 1. The molecule has 0 spiro atoms. The third-order valence-corrected chi connectivity index (χ3v) is 6.72. The van der Waals surface area contributed by atoms with Crippen molar-refractivity contribution in [3.05, 3.63) is 132 Å². The van der Waals surface area contributed by atoms with Gasteiger partial charge in [-0.15, -0.1) is 0 Å². The molecule has 1 amide bonds. The van der Waals surface area contributed by atoms with Crippen LogP contribution in [0.4, 0.5) is 0 Å². The van der Waals surface area contributed by atoms with Crippen molar-refractivity contribution in [3.63, 3.8) is 0 Å². The van der Waals surface area contributed by atoms with E-state index in [0.29, 0.717) is 42.6 Å². The first-order valence-electron chi connectivity index (χ1n) is 13.9. The van der Waals surface area contributed by atoms with E-state index >= 15 is 0 Å². The van der Waals surface area contributed by atoms with Crippen molar-refractivity contribution in [1.29, 1.82) is 0 Å². The number of aromatic nitrogens is 1. The van der Waals surface area contributed by atoms with Crippen LogP contribution in [0.1, 0.15) is 21.5 Å². The summed E-state index contributed by atoms with van der Waals surface area (Å²) in [6.45, 7) is 1.13. The highest BCUT2D eigenvalue weighted by atomic mass is 16.5. The molecule has 1 N–H and O–H groups in total. The van der Waals surface area contributed by atoms with E-state index in [-0.39, 0.29) is 6.42 Å². The van der Waals surface area contributed by atoms with Gasteiger partial charge in [-0.3, -0.25) is 9.78 Å². The molecule has 1 heterocycles. The zero-order valence-corrected chi connectivity index (χ0v) is 23.8. The van der Waals surface area contributed by atoms with Gasteiger partial charge in [-0.2, -0.15) is 0 Å². The number of benzene rings is 4. The highest BCUT2D eigenvalue weighted by Gasteiger charge is 2.23. The summed E-state index contributed by atoms with van der Waals surface area (Å²) in [6.07, 6.45) is 2.02. The molecule has 218 valence electrons. The number of ether oxygens (including phenoxy) is 4. The van der Waals surface area contributed by atoms with E-state index < -0.39 is 17.9 Å². The van der Waals surface area contributed by atoms with Crippen molar-refractivity contribution >= 4 is 22.8 Å². The maximum absolute atomic E-state index is 13.0. The summed E-state index contributed by atoms with van der Waals surface area (Å²) in [4.78, 5) is 29.8. The van der Waals surface area contributed by atoms with E-state index in [2.05, 4.69) is 10.3 Å². The third-order valence-electron chi connectivity index (χ3n) is 6.72. The Hall–Kier alpha value is -5.37. The van der Waals surface area contributed by atoms with Crippen LogP contribution in [0.25, 0.3) is 10.9 Å². The van der Waals surface area contributed by atoms with Crippen LogP contribution in [0.2, 0.25) is 0 Å². The lowest BCUT2D eigenvalue weighted by Gasteiger charge is -2.17. The van der Waals surface area contributed by atoms with E-state index in [1.807, 2.05) is 84.9 Å². The van der Waals surface area contributed by atoms with Gasteiger partial charge in [0.25, 0.3) is 5.91 Å². The summed E-state index contributed by atoms with van der Waals surface area (Å²) in [6, 6.07) is 32.8. The predicted octanol–water partition coefficient (Wildman–Crippen LogP) is 5.79. The molecule has 5 rings (SSSR count). The minimum Gasteiger partial charge on any atom is -0.490 e. The van der Waals surface area contributed by atoms with Gasteiger partial charge in [-0.05, 0) is 65.7 Å². The summed E-state index contributed by atoms with van der Waals surface area (Å²) >= 11 is 0. The van der Waals surface area contributed by atoms with Crippen molar-refractivity contribution in [1.82, 2.24) is 10.3 Å². The zero-order valence-electron chi connectivity index (χ0n) is 23.8. The number of nitrogens with one attached hydrogen (secondary N) is 1. The molecule has 4 aromatic carbocycles. The Bertz CT molecular complexity index is 1640. The van der Waals surface area contributed by atoms with Crippen molar-refractivity contribution < 1.29 is 28.5 Å². The van der Waals surface area contributed by atoms with Crippen LogP contribution in [0.3, 0.4) is 0 Å². The molecular weight excluding hydrogens is 544 g/mol. The standard InChI is InChI=1S/C35H32N2O6/c1-40-35(39)33(22-25-9-14-30(15-10-25)43-24-26-6-3-2-4-7-26)37-34(38)28-12-16-29(17-13-28)41-20-21-42-31-18-11-27-8-5-19-36-32(27)23-31/h2-19,23,33H,20-22,24H2,1H3,(H,37,38)/t33-/m0/s1. The first-order valence-corrected chi connectivity index (χ1v) is 13.9. The normalized spacial score (nSPS) is 11.4. The number of carbonyl (C=O) groups is 2. The smallest absolute Gasteiger partial charge is 0.328 e. The van der Waals surface area contributed by atoms with Crippen molar-refractivity contribution in [3.8, 4) is 17.2 Å². The number of methoxy groups -OCH3 is 1. The lowest BCUT2D eigenvalue weighted by atomic mass is 10.0. The Labute approximate surface area is 250 Å². The first kappa shape index (κ1) is 29.1. The van der Waals surface area contributed by atoms with Crippen molar-refractivity contribution in [2.45, 2.75) is 19.1 Å². The van der Waals surface area contributed by atoms with Crippen LogP contribution < -0.4 is 19.5 Å². The van der Waals surface area contributed by atoms with Crippen LogP contribution in [-0.4, -0.2) is 43.2 Å². The molecule has 1 atom stereocenters. The molecule has 5 aromatic rings. The molecule has 0 saturated heterocycles. The van der Waals surface area contributed by atoms with Gasteiger partial charge in [0.1, 0.15) is 43.1 Å². The highest BCUT2D eigenvalue weighted by Crippen LogP contribution is 2.19. The van der Waals surface area contributed by atoms with Crippen molar-refractivity contribution in [2.75, 3.05) is 20.3 Å². The third kappa shape index (κ3) is 8.33. The fourth-order valence-electron chi connectivity index (χ4n) is 4.43. The number of fused-ring (bicyclic) bond motifs is 1. The lowest BCUT2D eigenvalue weighted by Crippen LogP contribution is -2.43. The molecule has 0 bridgehead atoms. The lowest BCUT2D eigenvalue weighted by molar-refractivity contribution is -0.142. The Morgan fingerprint density at radius 1 is 0.721 bits per heavy atom. The second-order valence-electron chi connectivity index (χ2n) is 9.75. The Morgan fingerprint density at radius 3 is 2.14 bits per heavy atom. The van der Waals surface area contributed by atoms with Gasteiger partial charge in [0.05, 0.1) is 12.6 Å². The average Bonchev–Trinajstić information content (AvgIpc) is 3.06. The van der Waals surface area contributed by atoms with Gasteiger partial charge in [0.2, 0.25) is 0 Å². The first-order chi connectivity index (χ1) is 21.1. The second-order valence-corrected chi connectivity index (χ2v) is 9.75. The number of hydrogen-bond acceptors (Lipinski definition) is 7. The molecule has 43 heavy (non-hydrogen) atoms. The maximum atomic E-state index is 13.0. The molecule has 8 nitrogen and oxygen atoms in total.